The summed E-state index contributed by atoms with van der Waals surface area (Å²) in [4.78, 5) is 9.11. The molecular weight excluding hydrogens is 336 g/mol. The highest BCUT2D eigenvalue weighted by Gasteiger charge is 2.14. The zero-order valence-corrected chi connectivity index (χ0v) is 14.9. The van der Waals surface area contributed by atoms with Gasteiger partial charge in [-0.2, -0.15) is 0 Å². The van der Waals surface area contributed by atoms with E-state index in [0.29, 0.717) is 0 Å². The van der Waals surface area contributed by atoms with E-state index in [-0.39, 0.29) is 0 Å². The number of imidazole rings is 1. The van der Waals surface area contributed by atoms with E-state index < -0.39 is 0 Å². The fourth-order valence-electron chi connectivity index (χ4n) is 3.37. The van der Waals surface area contributed by atoms with Gasteiger partial charge in [0.15, 0.2) is 11.5 Å². The van der Waals surface area contributed by atoms with Crippen molar-refractivity contribution in [1.82, 2.24) is 29.1 Å². The van der Waals surface area contributed by atoms with Crippen LogP contribution in [0.4, 0.5) is 0 Å². The topological polar surface area (TPSA) is 60.9 Å². The maximum absolute atomic E-state index is 4.62. The van der Waals surface area contributed by atoms with Gasteiger partial charge in [-0.05, 0) is 24.1 Å². The Kier molecular flexibility index (Phi) is 3.67. The van der Waals surface area contributed by atoms with Crippen molar-refractivity contribution in [2.24, 2.45) is 0 Å². The first-order chi connectivity index (χ1) is 13.3. The Morgan fingerprint density at radius 3 is 2.70 bits per heavy atom. The third-order valence-corrected chi connectivity index (χ3v) is 4.69. The summed E-state index contributed by atoms with van der Waals surface area (Å²) in [7, 11) is 0. The third kappa shape index (κ3) is 2.66. The number of fused-ring (bicyclic) bond motifs is 3. The first-order valence-electron chi connectivity index (χ1n) is 9.04. The van der Waals surface area contributed by atoms with Crippen LogP contribution in [0.2, 0.25) is 0 Å². The molecule has 4 heterocycles. The van der Waals surface area contributed by atoms with Crippen LogP contribution in [-0.4, -0.2) is 29.1 Å². The number of aryl methyl sites for hydroxylation is 1. The molecule has 0 saturated heterocycles. The number of aromatic nitrogens is 6. The predicted octanol–water partition coefficient (Wildman–Crippen LogP) is 4.22. The van der Waals surface area contributed by atoms with Gasteiger partial charge in [0.1, 0.15) is 5.69 Å². The van der Waals surface area contributed by atoms with Crippen LogP contribution in [-0.2, 0) is 6.54 Å². The van der Waals surface area contributed by atoms with Gasteiger partial charge in [0.25, 0.3) is 0 Å². The second kappa shape index (κ2) is 6.32. The Bertz CT molecular complexity index is 1240. The standard InChI is InChI=1S/C21H18N6/c1-2-9-26-13-19(23-14-26)21-25-24-20-17-11-16(15-6-4-3-5-7-15)12-22-18(17)8-10-27(20)21/h3-8,10-14H,2,9H2,1H3. The molecule has 5 rings (SSSR count). The predicted molar refractivity (Wildman–Crippen MR) is 105 cm³/mol. The van der Waals surface area contributed by atoms with Gasteiger partial charge in [0.05, 0.1) is 11.8 Å². The van der Waals surface area contributed by atoms with Crippen LogP contribution < -0.4 is 0 Å². The molecule has 0 amide bonds. The molecule has 1 aromatic carbocycles. The van der Waals surface area contributed by atoms with Crippen molar-refractivity contribution < 1.29 is 0 Å². The van der Waals surface area contributed by atoms with E-state index in [1.54, 1.807) is 0 Å². The fraction of sp³-hybridized carbons (Fsp3) is 0.143. The van der Waals surface area contributed by atoms with Crippen LogP contribution in [0.3, 0.4) is 0 Å². The minimum Gasteiger partial charge on any atom is -0.337 e. The number of nitrogens with zero attached hydrogens (tertiary/aromatic N) is 6. The molecule has 6 nitrogen and oxygen atoms in total. The lowest BCUT2D eigenvalue weighted by Crippen LogP contribution is -1.93. The number of pyridine rings is 2. The summed E-state index contributed by atoms with van der Waals surface area (Å²) < 4.78 is 4.06. The minimum absolute atomic E-state index is 0.742. The van der Waals surface area contributed by atoms with Crippen molar-refractivity contribution in [3.05, 3.63) is 67.4 Å². The van der Waals surface area contributed by atoms with Crippen LogP contribution in [0, 0.1) is 0 Å². The number of rotatable bonds is 4. The highest BCUT2D eigenvalue weighted by Crippen LogP contribution is 2.26. The van der Waals surface area contributed by atoms with Crippen molar-refractivity contribution >= 4 is 16.6 Å². The normalized spacial score (nSPS) is 11.4. The molecule has 132 valence electrons. The molecule has 0 unspecified atom stereocenters. The molecule has 0 aliphatic carbocycles. The van der Waals surface area contributed by atoms with E-state index in [2.05, 4.69) is 49.9 Å². The van der Waals surface area contributed by atoms with Crippen LogP contribution in [0.5, 0.6) is 0 Å². The average Bonchev–Trinajstić information content (AvgIpc) is 3.35. The number of hydrogen-bond acceptors (Lipinski definition) is 4. The molecule has 0 saturated carbocycles. The Morgan fingerprint density at radius 1 is 0.963 bits per heavy atom. The number of hydrogen-bond donors (Lipinski definition) is 0. The van der Waals surface area contributed by atoms with Gasteiger partial charge in [-0.15, -0.1) is 10.2 Å². The average molecular weight is 354 g/mol. The quantitative estimate of drug-likeness (QED) is 0.485. The van der Waals surface area contributed by atoms with E-state index >= 15 is 0 Å². The van der Waals surface area contributed by atoms with E-state index in [1.165, 1.54) is 0 Å². The van der Waals surface area contributed by atoms with Crippen LogP contribution in [0.25, 0.3) is 39.2 Å². The molecule has 4 aromatic heterocycles. The lowest BCUT2D eigenvalue weighted by atomic mass is 10.1. The molecule has 27 heavy (non-hydrogen) atoms. The Labute approximate surface area is 156 Å². The molecule has 0 spiro atoms. The molecule has 0 bridgehead atoms. The van der Waals surface area contributed by atoms with Crippen molar-refractivity contribution in [2.75, 3.05) is 0 Å². The summed E-state index contributed by atoms with van der Waals surface area (Å²) in [5.41, 5.74) is 4.71. The second-order valence-electron chi connectivity index (χ2n) is 6.55. The highest BCUT2D eigenvalue weighted by molar-refractivity contribution is 5.94. The van der Waals surface area contributed by atoms with Crippen molar-refractivity contribution in [3.8, 4) is 22.6 Å². The van der Waals surface area contributed by atoms with Crippen LogP contribution in [0.15, 0.2) is 67.4 Å². The minimum atomic E-state index is 0.742. The molecule has 0 N–H and O–H groups in total. The van der Waals surface area contributed by atoms with Crippen molar-refractivity contribution in [2.45, 2.75) is 19.9 Å². The van der Waals surface area contributed by atoms with Gasteiger partial charge >= 0.3 is 0 Å². The molecule has 0 fully saturated rings. The molecule has 0 atom stereocenters. The Balaban J connectivity index is 1.67. The Morgan fingerprint density at radius 2 is 1.85 bits per heavy atom. The molecule has 5 aromatic rings. The van der Waals surface area contributed by atoms with Gasteiger partial charge < -0.3 is 4.57 Å². The van der Waals surface area contributed by atoms with E-state index in [0.717, 1.165) is 52.2 Å². The molecule has 0 radical (unpaired) electrons. The molecule has 6 heteroatoms. The SMILES string of the molecule is CCCn1cnc(-c2nnc3c4cc(-c5ccccc5)cnc4ccn23)c1. The third-order valence-electron chi connectivity index (χ3n) is 4.69. The monoisotopic (exact) mass is 354 g/mol. The van der Waals surface area contributed by atoms with Crippen molar-refractivity contribution in [1.29, 1.82) is 0 Å². The summed E-state index contributed by atoms with van der Waals surface area (Å²) in [5, 5.41) is 9.82. The molecule has 0 aliphatic heterocycles. The summed E-state index contributed by atoms with van der Waals surface area (Å²) >= 11 is 0. The van der Waals surface area contributed by atoms with Crippen molar-refractivity contribution in [3.63, 3.8) is 0 Å². The first-order valence-corrected chi connectivity index (χ1v) is 9.04. The van der Waals surface area contributed by atoms with Gasteiger partial charge in [0.2, 0.25) is 0 Å². The number of benzene rings is 1. The van der Waals surface area contributed by atoms with E-state index in [4.69, 9.17) is 0 Å². The van der Waals surface area contributed by atoms with Crippen LogP contribution in [0.1, 0.15) is 13.3 Å². The largest absolute Gasteiger partial charge is 0.337 e. The van der Waals surface area contributed by atoms with Gasteiger partial charge in [0, 0.05) is 36.1 Å². The zero-order chi connectivity index (χ0) is 18.2. The summed E-state index contributed by atoms with van der Waals surface area (Å²) in [6, 6.07) is 14.4. The fourth-order valence-corrected chi connectivity index (χ4v) is 3.37. The summed E-state index contributed by atoms with van der Waals surface area (Å²) in [6.07, 6.45) is 8.78. The first kappa shape index (κ1) is 15.7. The smallest absolute Gasteiger partial charge is 0.188 e. The summed E-state index contributed by atoms with van der Waals surface area (Å²) in [5.74, 6) is 0.742. The zero-order valence-electron chi connectivity index (χ0n) is 14.9. The Hall–Kier alpha value is -3.54. The summed E-state index contributed by atoms with van der Waals surface area (Å²) in [6.45, 7) is 3.09. The van der Waals surface area contributed by atoms with Gasteiger partial charge in [-0.25, -0.2) is 4.98 Å². The van der Waals surface area contributed by atoms with E-state index in [1.807, 2.05) is 53.6 Å². The lowest BCUT2D eigenvalue weighted by molar-refractivity contribution is 0.678. The molecular formula is C21H18N6. The lowest BCUT2D eigenvalue weighted by Gasteiger charge is -2.05. The van der Waals surface area contributed by atoms with Gasteiger partial charge in [-0.3, -0.25) is 9.38 Å². The van der Waals surface area contributed by atoms with Crippen LogP contribution >= 0.6 is 0 Å². The highest BCUT2D eigenvalue weighted by atomic mass is 15.3. The maximum Gasteiger partial charge on any atom is 0.188 e. The molecule has 0 aliphatic rings. The maximum atomic E-state index is 4.62. The van der Waals surface area contributed by atoms with Gasteiger partial charge in [-0.1, -0.05) is 37.3 Å². The second-order valence-corrected chi connectivity index (χ2v) is 6.55. The van der Waals surface area contributed by atoms with E-state index in [9.17, 15) is 0 Å².